The fourth-order valence-electron chi connectivity index (χ4n) is 1.78. The summed E-state index contributed by atoms with van der Waals surface area (Å²) in [5.74, 6) is 1.16. The molecule has 2 rings (SSSR count). The van der Waals surface area contributed by atoms with Gasteiger partial charge in [-0.15, -0.1) is 11.8 Å². The Morgan fingerprint density at radius 3 is 3.13 bits per heavy atom. The van der Waals surface area contributed by atoms with Gasteiger partial charge in [-0.05, 0) is 37.0 Å². The lowest BCUT2D eigenvalue weighted by Gasteiger charge is -2.18. The van der Waals surface area contributed by atoms with Crippen molar-refractivity contribution >= 4 is 17.4 Å². The van der Waals surface area contributed by atoms with Crippen molar-refractivity contribution in [2.45, 2.75) is 24.2 Å². The van der Waals surface area contributed by atoms with Gasteiger partial charge in [0.15, 0.2) is 0 Å². The Morgan fingerprint density at radius 2 is 2.27 bits per heavy atom. The largest absolute Gasteiger partial charge is 0.396 e. The van der Waals surface area contributed by atoms with E-state index in [9.17, 15) is 0 Å². The fourth-order valence-corrected chi connectivity index (χ4v) is 2.73. The minimum Gasteiger partial charge on any atom is -0.396 e. The topological polar surface area (TPSA) is 32.3 Å². The standard InChI is InChI=1S/C12H17NOS/c14-7-2-1-3-10-4-5-11-12(9-10)15-8-6-13-11/h4-5,9,13-14H,1-3,6-8H2. The van der Waals surface area contributed by atoms with Gasteiger partial charge in [0.1, 0.15) is 0 Å². The van der Waals surface area contributed by atoms with Gasteiger partial charge in [-0.3, -0.25) is 0 Å². The summed E-state index contributed by atoms with van der Waals surface area (Å²) in [4.78, 5) is 1.38. The zero-order chi connectivity index (χ0) is 10.5. The van der Waals surface area contributed by atoms with Crippen molar-refractivity contribution in [1.82, 2.24) is 0 Å². The van der Waals surface area contributed by atoms with Gasteiger partial charge in [0.2, 0.25) is 0 Å². The molecule has 0 radical (unpaired) electrons. The molecule has 0 bridgehead atoms. The average Bonchev–Trinajstić information content (AvgIpc) is 2.29. The van der Waals surface area contributed by atoms with Gasteiger partial charge in [-0.1, -0.05) is 6.07 Å². The summed E-state index contributed by atoms with van der Waals surface area (Å²) in [5, 5.41) is 12.1. The highest BCUT2D eigenvalue weighted by atomic mass is 32.2. The van der Waals surface area contributed by atoms with Crippen LogP contribution >= 0.6 is 11.8 Å². The summed E-state index contributed by atoms with van der Waals surface area (Å²) in [5.41, 5.74) is 2.66. The maximum absolute atomic E-state index is 8.72. The van der Waals surface area contributed by atoms with Gasteiger partial charge in [-0.25, -0.2) is 0 Å². The van der Waals surface area contributed by atoms with E-state index in [1.54, 1.807) is 0 Å². The Hall–Kier alpha value is -0.670. The number of rotatable bonds is 4. The van der Waals surface area contributed by atoms with Crippen LogP contribution < -0.4 is 5.32 Å². The minimum absolute atomic E-state index is 0.307. The van der Waals surface area contributed by atoms with Gasteiger partial charge in [0.25, 0.3) is 0 Å². The lowest BCUT2D eigenvalue weighted by molar-refractivity contribution is 0.284. The van der Waals surface area contributed by atoms with E-state index in [0.717, 1.165) is 31.6 Å². The molecular weight excluding hydrogens is 206 g/mol. The molecule has 0 unspecified atom stereocenters. The van der Waals surface area contributed by atoms with Gasteiger partial charge >= 0.3 is 0 Å². The molecule has 3 heteroatoms. The fraction of sp³-hybridized carbons (Fsp3) is 0.500. The van der Waals surface area contributed by atoms with Crippen molar-refractivity contribution in [1.29, 1.82) is 0 Å². The molecule has 0 fully saturated rings. The Kier molecular flexibility index (Phi) is 3.92. The summed E-state index contributed by atoms with van der Waals surface area (Å²) in [6.07, 6.45) is 3.06. The van der Waals surface area contributed by atoms with Crippen molar-refractivity contribution in [3.63, 3.8) is 0 Å². The monoisotopic (exact) mass is 223 g/mol. The van der Waals surface area contributed by atoms with E-state index >= 15 is 0 Å². The molecule has 0 saturated carbocycles. The summed E-state index contributed by atoms with van der Waals surface area (Å²) in [6.45, 7) is 1.38. The van der Waals surface area contributed by atoms with Crippen LogP contribution in [0.25, 0.3) is 0 Å². The van der Waals surface area contributed by atoms with Gasteiger partial charge in [0, 0.05) is 29.5 Å². The summed E-state index contributed by atoms with van der Waals surface area (Å²) in [7, 11) is 0. The molecule has 0 aliphatic carbocycles. The molecule has 1 aliphatic rings. The third-order valence-electron chi connectivity index (χ3n) is 2.59. The number of unbranched alkanes of at least 4 members (excludes halogenated alkanes) is 1. The molecule has 2 nitrogen and oxygen atoms in total. The van der Waals surface area contributed by atoms with Crippen LogP contribution in [0.5, 0.6) is 0 Å². The summed E-state index contributed by atoms with van der Waals surface area (Å²) >= 11 is 1.93. The maximum Gasteiger partial charge on any atom is 0.0478 e. The van der Waals surface area contributed by atoms with E-state index in [-0.39, 0.29) is 0 Å². The number of aliphatic hydroxyl groups excluding tert-OH is 1. The van der Waals surface area contributed by atoms with Crippen molar-refractivity contribution in [3.05, 3.63) is 23.8 Å². The first kappa shape index (κ1) is 10.8. The van der Waals surface area contributed by atoms with Crippen LogP contribution in [0.3, 0.4) is 0 Å². The highest BCUT2D eigenvalue weighted by molar-refractivity contribution is 7.99. The number of aliphatic hydroxyl groups is 1. The van der Waals surface area contributed by atoms with Crippen LogP contribution in [0.4, 0.5) is 5.69 Å². The molecule has 82 valence electrons. The first-order valence-corrected chi connectivity index (χ1v) is 6.49. The molecule has 0 saturated heterocycles. The Morgan fingerprint density at radius 1 is 1.33 bits per heavy atom. The van der Waals surface area contributed by atoms with Crippen LogP contribution in [-0.2, 0) is 6.42 Å². The first-order chi connectivity index (χ1) is 7.40. The zero-order valence-electron chi connectivity index (χ0n) is 8.83. The van der Waals surface area contributed by atoms with E-state index < -0.39 is 0 Å². The number of fused-ring (bicyclic) bond motifs is 1. The molecule has 1 aromatic rings. The lowest BCUT2D eigenvalue weighted by Crippen LogP contribution is -2.10. The SMILES string of the molecule is OCCCCc1ccc2c(c1)SCCN2. The highest BCUT2D eigenvalue weighted by Crippen LogP contribution is 2.31. The molecule has 0 spiro atoms. The van der Waals surface area contributed by atoms with Crippen LogP contribution in [0.15, 0.2) is 23.1 Å². The van der Waals surface area contributed by atoms with Crippen LogP contribution in [0.1, 0.15) is 18.4 Å². The highest BCUT2D eigenvalue weighted by Gasteiger charge is 2.08. The predicted molar refractivity (Wildman–Crippen MR) is 65.7 cm³/mol. The van der Waals surface area contributed by atoms with Gasteiger partial charge in [0.05, 0.1) is 0 Å². The average molecular weight is 223 g/mol. The molecular formula is C12H17NOS. The maximum atomic E-state index is 8.72. The number of anilines is 1. The molecule has 0 atom stereocenters. The van der Waals surface area contributed by atoms with E-state index in [1.165, 1.54) is 16.1 Å². The number of benzene rings is 1. The van der Waals surface area contributed by atoms with Crippen molar-refractivity contribution in [3.8, 4) is 0 Å². The number of hydrogen-bond donors (Lipinski definition) is 2. The van der Waals surface area contributed by atoms with E-state index in [0.29, 0.717) is 6.61 Å². The molecule has 1 heterocycles. The van der Waals surface area contributed by atoms with Crippen molar-refractivity contribution in [2.24, 2.45) is 0 Å². The second-order valence-corrected chi connectivity index (χ2v) is 4.92. The number of thioether (sulfide) groups is 1. The zero-order valence-corrected chi connectivity index (χ0v) is 9.65. The van der Waals surface area contributed by atoms with E-state index in [1.807, 2.05) is 11.8 Å². The molecule has 1 aliphatic heterocycles. The number of nitrogens with one attached hydrogen (secondary N) is 1. The van der Waals surface area contributed by atoms with Gasteiger partial charge in [-0.2, -0.15) is 0 Å². The predicted octanol–water partition coefficient (Wildman–Crippen LogP) is 2.52. The second kappa shape index (κ2) is 5.42. The van der Waals surface area contributed by atoms with E-state index in [2.05, 4.69) is 23.5 Å². The van der Waals surface area contributed by atoms with Crippen LogP contribution in [-0.4, -0.2) is 24.0 Å². The quantitative estimate of drug-likeness (QED) is 0.769. The minimum atomic E-state index is 0.307. The summed E-state index contributed by atoms with van der Waals surface area (Å²) < 4.78 is 0. The normalized spacial score (nSPS) is 14.5. The third-order valence-corrected chi connectivity index (χ3v) is 3.65. The third kappa shape index (κ3) is 2.89. The Bertz CT molecular complexity index is 327. The Balaban J connectivity index is 2.00. The molecule has 0 aromatic heterocycles. The molecule has 1 aromatic carbocycles. The molecule has 0 amide bonds. The molecule has 2 N–H and O–H groups in total. The van der Waals surface area contributed by atoms with Crippen LogP contribution in [0.2, 0.25) is 0 Å². The van der Waals surface area contributed by atoms with E-state index in [4.69, 9.17) is 5.11 Å². The second-order valence-electron chi connectivity index (χ2n) is 3.79. The van der Waals surface area contributed by atoms with Gasteiger partial charge < -0.3 is 10.4 Å². The lowest BCUT2D eigenvalue weighted by atomic mass is 10.1. The van der Waals surface area contributed by atoms with Crippen LogP contribution in [0, 0.1) is 0 Å². The summed E-state index contributed by atoms with van der Waals surface area (Å²) in [6, 6.07) is 6.65. The molecule has 15 heavy (non-hydrogen) atoms. The van der Waals surface area contributed by atoms with Crippen molar-refractivity contribution in [2.75, 3.05) is 24.2 Å². The smallest absolute Gasteiger partial charge is 0.0478 e. The Labute approximate surface area is 95.1 Å². The number of aryl methyl sites for hydroxylation is 1. The van der Waals surface area contributed by atoms with Crippen molar-refractivity contribution < 1.29 is 5.11 Å². The first-order valence-electron chi connectivity index (χ1n) is 5.50. The number of hydrogen-bond acceptors (Lipinski definition) is 3.